The van der Waals surface area contributed by atoms with Crippen molar-refractivity contribution in [2.75, 3.05) is 14.2 Å². The molecule has 0 radical (unpaired) electrons. The van der Waals surface area contributed by atoms with Crippen LogP contribution in [0.25, 0.3) is 0 Å². The standard InChI is InChI=1S/C24H31N5O4/c1-24(23(32)26-17-9-5-4-6-10-17)15-29-20(22(31)28(24)2)13-19(27-29)21(30)25-14-16-8-7-11-18(12-16)33-3/h7-8,11-13,17H,4-6,9-10,14-15H2,1-3H3,(H,25,30)(H,26,32). The number of benzene rings is 1. The average molecular weight is 454 g/mol. The van der Waals surface area contributed by atoms with Gasteiger partial charge in [0.2, 0.25) is 5.91 Å². The summed E-state index contributed by atoms with van der Waals surface area (Å²) in [6.07, 6.45) is 5.33. The van der Waals surface area contributed by atoms with Crippen LogP contribution in [0.3, 0.4) is 0 Å². The van der Waals surface area contributed by atoms with Crippen molar-refractivity contribution in [3.8, 4) is 5.75 Å². The molecule has 1 fully saturated rings. The minimum absolute atomic E-state index is 0.142. The Bertz CT molecular complexity index is 1060. The molecule has 2 N–H and O–H groups in total. The van der Waals surface area contributed by atoms with Gasteiger partial charge in [-0.05, 0) is 37.5 Å². The highest BCUT2D eigenvalue weighted by Gasteiger charge is 2.46. The lowest BCUT2D eigenvalue weighted by Gasteiger charge is -2.41. The predicted molar refractivity (Wildman–Crippen MR) is 122 cm³/mol. The molecule has 3 amide bonds. The fraction of sp³-hybridized carbons (Fsp3) is 0.500. The van der Waals surface area contributed by atoms with Crippen LogP contribution >= 0.6 is 0 Å². The molecular weight excluding hydrogens is 422 g/mol. The van der Waals surface area contributed by atoms with Crippen molar-refractivity contribution in [3.05, 3.63) is 47.3 Å². The molecule has 1 saturated carbocycles. The molecule has 0 bridgehead atoms. The van der Waals surface area contributed by atoms with Crippen LogP contribution in [0.15, 0.2) is 30.3 Å². The van der Waals surface area contributed by atoms with Crippen molar-refractivity contribution in [3.63, 3.8) is 0 Å². The van der Waals surface area contributed by atoms with E-state index in [-0.39, 0.29) is 36.0 Å². The van der Waals surface area contributed by atoms with Crippen molar-refractivity contribution >= 4 is 17.7 Å². The normalized spacial score (nSPS) is 20.8. The molecule has 4 rings (SSSR count). The Balaban J connectivity index is 1.47. The third-order valence-corrected chi connectivity index (χ3v) is 6.75. The number of carbonyl (C=O) groups excluding carboxylic acids is 3. The molecule has 176 valence electrons. The second-order valence-corrected chi connectivity index (χ2v) is 9.05. The van der Waals surface area contributed by atoms with E-state index in [2.05, 4.69) is 15.7 Å². The third kappa shape index (κ3) is 4.58. The maximum atomic E-state index is 13.2. The largest absolute Gasteiger partial charge is 0.497 e. The van der Waals surface area contributed by atoms with Gasteiger partial charge in [0.05, 0.1) is 13.7 Å². The number of carbonyl (C=O) groups is 3. The first-order chi connectivity index (χ1) is 15.8. The zero-order chi connectivity index (χ0) is 23.6. The Morgan fingerprint density at radius 2 is 1.97 bits per heavy atom. The summed E-state index contributed by atoms with van der Waals surface area (Å²) < 4.78 is 6.68. The van der Waals surface area contributed by atoms with Crippen molar-refractivity contribution < 1.29 is 19.1 Å². The predicted octanol–water partition coefficient (Wildman–Crippen LogP) is 2.11. The minimum atomic E-state index is -1.08. The maximum absolute atomic E-state index is 13.2. The number of hydrogen-bond acceptors (Lipinski definition) is 5. The summed E-state index contributed by atoms with van der Waals surface area (Å²) in [6, 6.07) is 9.03. The highest BCUT2D eigenvalue weighted by atomic mass is 16.5. The molecular formula is C24H31N5O4. The molecule has 0 spiro atoms. The third-order valence-electron chi connectivity index (χ3n) is 6.75. The van der Waals surface area contributed by atoms with Gasteiger partial charge in [0.15, 0.2) is 5.69 Å². The first-order valence-electron chi connectivity index (χ1n) is 11.4. The Morgan fingerprint density at radius 1 is 1.21 bits per heavy atom. The van der Waals surface area contributed by atoms with Crippen molar-refractivity contribution in [2.24, 2.45) is 0 Å². The van der Waals surface area contributed by atoms with Crippen LogP contribution in [-0.4, -0.2) is 58.1 Å². The van der Waals surface area contributed by atoms with Crippen molar-refractivity contribution in [1.29, 1.82) is 0 Å². The van der Waals surface area contributed by atoms with Crippen LogP contribution in [-0.2, 0) is 17.9 Å². The number of fused-ring (bicyclic) bond motifs is 1. The van der Waals surface area contributed by atoms with Crippen LogP contribution in [0.4, 0.5) is 0 Å². The SMILES string of the molecule is COc1cccc(CNC(=O)c2cc3n(n2)CC(C)(C(=O)NC2CCCCC2)N(C)C3=O)c1. The molecule has 9 nitrogen and oxygen atoms in total. The lowest BCUT2D eigenvalue weighted by Crippen LogP contribution is -2.63. The molecule has 9 heteroatoms. The lowest BCUT2D eigenvalue weighted by molar-refractivity contribution is -0.133. The van der Waals surface area contributed by atoms with Gasteiger partial charge in [-0.25, -0.2) is 0 Å². The van der Waals surface area contributed by atoms with Gasteiger partial charge in [-0.15, -0.1) is 0 Å². The Kier molecular flexibility index (Phi) is 6.40. The maximum Gasteiger partial charge on any atom is 0.272 e. The second kappa shape index (κ2) is 9.25. The number of hydrogen-bond donors (Lipinski definition) is 2. The van der Waals surface area contributed by atoms with E-state index in [0.717, 1.165) is 31.2 Å². The summed E-state index contributed by atoms with van der Waals surface area (Å²) in [7, 11) is 3.21. The van der Waals surface area contributed by atoms with Crippen LogP contribution in [0.1, 0.15) is 65.6 Å². The Hall–Kier alpha value is -3.36. The summed E-state index contributed by atoms with van der Waals surface area (Å²) in [5, 5.41) is 10.3. The summed E-state index contributed by atoms with van der Waals surface area (Å²) >= 11 is 0. The molecule has 33 heavy (non-hydrogen) atoms. The van der Waals surface area contributed by atoms with E-state index < -0.39 is 5.54 Å². The van der Waals surface area contributed by atoms with E-state index in [4.69, 9.17) is 4.74 Å². The number of amides is 3. The molecule has 0 saturated heterocycles. The minimum Gasteiger partial charge on any atom is -0.497 e. The Labute approximate surface area is 193 Å². The molecule has 2 aliphatic rings. The van der Waals surface area contributed by atoms with Crippen molar-refractivity contribution in [1.82, 2.24) is 25.3 Å². The van der Waals surface area contributed by atoms with Gasteiger partial charge in [0.25, 0.3) is 11.8 Å². The molecule has 1 aliphatic carbocycles. The van der Waals surface area contributed by atoms with Crippen LogP contribution in [0.5, 0.6) is 5.75 Å². The lowest BCUT2D eigenvalue weighted by atomic mass is 9.92. The van der Waals surface area contributed by atoms with Gasteiger partial charge < -0.3 is 20.3 Å². The molecule has 1 atom stereocenters. The molecule has 1 aliphatic heterocycles. The van der Waals surface area contributed by atoms with Crippen LogP contribution in [0, 0.1) is 0 Å². The van der Waals surface area contributed by atoms with Crippen LogP contribution < -0.4 is 15.4 Å². The average Bonchev–Trinajstić information content (AvgIpc) is 3.25. The van der Waals surface area contributed by atoms with E-state index in [1.807, 2.05) is 24.3 Å². The number of nitrogens with one attached hydrogen (secondary N) is 2. The topological polar surface area (TPSA) is 106 Å². The van der Waals surface area contributed by atoms with E-state index in [0.29, 0.717) is 18.0 Å². The van der Waals surface area contributed by atoms with Gasteiger partial charge in [-0.3, -0.25) is 19.1 Å². The molecule has 1 aromatic carbocycles. The number of methoxy groups -OCH3 is 1. The highest BCUT2D eigenvalue weighted by molar-refractivity contribution is 6.01. The fourth-order valence-electron chi connectivity index (χ4n) is 4.48. The zero-order valence-electron chi connectivity index (χ0n) is 19.4. The van der Waals surface area contributed by atoms with Gasteiger partial charge >= 0.3 is 0 Å². The van der Waals surface area contributed by atoms with Gasteiger partial charge in [-0.1, -0.05) is 31.4 Å². The van der Waals surface area contributed by atoms with Gasteiger partial charge in [-0.2, -0.15) is 5.10 Å². The summed E-state index contributed by atoms with van der Waals surface area (Å²) in [6.45, 7) is 2.23. The summed E-state index contributed by atoms with van der Waals surface area (Å²) in [5.74, 6) is -0.195. The smallest absolute Gasteiger partial charge is 0.272 e. The fourth-order valence-corrected chi connectivity index (χ4v) is 4.48. The van der Waals surface area contributed by atoms with E-state index in [1.54, 1.807) is 21.1 Å². The second-order valence-electron chi connectivity index (χ2n) is 9.05. The number of rotatable bonds is 6. The number of aromatic nitrogens is 2. The van der Waals surface area contributed by atoms with Gasteiger partial charge in [0, 0.05) is 25.7 Å². The summed E-state index contributed by atoms with van der Waals surface area (Å²) in [5.41, 5.74) is 0.245. The zero-order valence-corrected chi connectivity index (χ0v) is 19.4. The molecule has 1 unspecified atom stereocenters. The monoisotopic (exact) mass is 453 g/mol. The number of likely N-dealkylation sites (N-methyl/N-ethyl adjacent to an activating group) is 1. The van der Waals surface area contributed by atoms with Gasteiger partial charge in [0.1, 0.15) is 17.0 Å². The van der Waals surface area contributed by atoms with E-state index in [9.17, 15) is 14.4 Å². The van der Waals surface area contributed by atoms with E-state index in [1.165, 1.54) is 22.1 Å². The summed E-state index contributed by atoms with van der Waals surface area (Å²) in [4.78, 5) is 40.4. The quantitative estimate of drug-likeness (QED) is 0.697. The van der Waals surface area contributed by atoms with Crippen LogP contribution in [0.2, 0.25) is 0 Å². The number of ether oxygens (including phenoxy) is 1. The molecule has 2 aromatic rings. The first kappa shape index (κ1) is 22.8. The van der Waals surface area contributed by atoms with Crippen molar-refractivity contribution in [2.45, 2.75) is 63.7 Å². The van der Waals surface area contributed by atoms with E-state index >= 15 is 0 Å². The number of nitrogens with zero attached hydrogens (tertiary/aromatic N) is 3. The Morgan fingerprint density at radius 3 is 2.70 bits per heavy atom. The molecule has 2 heterocycles. The molecule has 1 aromatic heterocycles. The first-order valence-corrected chi connectivity index (χ1v) is 11.4. The highest BCUT2D eigenvalue weighted by Crippen LogP contribution is 2.27.